The van der Waals surface area contributed by atoms with Gasteiger partial charge in [-0.05, 0) is 74.6 Å². The number of hydrogen-bond donors (Lipinski definition) is 0. The highest BCUT2D eigenvalue weighted by Gasteiger charge is 2.27. The zero-order valence-corrected chi connectivity index (χ0v) is 20.7. The number of allylic oxidation sites excluding steroid dienone is 2. The first kappa shape index (κ1) is 27.4. The maximum absolute atomic E-state index is 15.0. The predicted octanol–water partition coefficient (Wildman–Crippen LogP) is 8.54. The molecule has 1 aliphatic carbocycles. The maximum atomic E-state index is 15.0. The van der Waals surface area contributed by atoms with Crippen molar-refractivity contribution in [1.82, 2.24) is 0 Å². The molecule has 1 saturated carbocycles. The monoisotopic (exact) mass is 504 g/mol. The molecule has 0 aromatic heterocycles. The van der Waals surface area contributed by atoms with Crippen LogP contribution >= 0.6 is 0 Å². The first-order valence-corrected chi connectivity index (χ1v) is 12.2. The minimum absolute atomic E-state index is 0.0694. The molecule has 0 radical (unpaired) electrons. The van der Waals surface area contributed by atoms with E-state index < -0.39 is 34.8 Å². The van der Waals surface area contributed by atoms with E-state index >= 15 is 4.39 Å². The van der Waals surface area contributed by atoms with Crippen LogP contribution in [0.15, 0.2) is 72.7 Å². The van der Waals surface area contributed by atoms with E-state index in [-0.39, 0.29) is 30.6 Å². The Morgan fingerprint density at radius 1 is 0.806 bits per heavy atom. The van der Waals surface area contributed by atoms with Crippen LogP contribution in [-0.2, 0) is 9.47 Å². The lowest BCUT2D eigenvalue weighted by Gasteiger charge is -2.29. The van der Waals surface area contributed by atoms with Gasteiger partial charge >= 0.3 is 0 Å². The van der Waals surface area contributed by atoms with Gasteiger partial charge in [0.2, 0.25) is 11.7 Å². The van der Waals surface area contributed by atoms with Crippen molar-refractivity contribution in [1.29, 1.82) is 0 Å². The molecule has 2 aromatic rings. The highest BCUT2D eigenvalue weighted by molar-refractivity contribution is 5.65. The predicted molar refractivity (Wildman–Crippen MR) is 133 cm³/mol. The third-order valence-electron chi connectivity index (χ3n) is 6.37. The van der Waals surface area contributed by atoms with Crippen molar-refractivity contribution in [3.8, 4) is 16.9 Å². The Bertz CT molecular complexity index is 1100. The first-order valence-electron chi connectivity index (χ1n) is 12.2. The molecule has 0 unspecified atom stereocenters. The van der Waals surface area contributed by atoms with E-state index in [1.54, 1.807) is 43.3 Å². The molecule has 194 valence electrons. The van der Waals surface area contributed by atoms with Crippen molar-refractivity contribution in [3.05, 3.63) is 89.9 Å². The van der Waals surface area contributed by atoms with Gasteiger partial charge in [0.15, 0.2) is 23.2 Å². The van der Waals surface area contributed by atoms with Crippen molar-refractivity contribution < 1.29 is 31.8 Å². The Morgan fingerprint density at radius 2 is 1.42 bits per heavy atom. The Labute approximate surface area is 210 Å². The van der Waals surface area contributed by atoms with Crippen LogP contribution in [0.25, 0.3) is 11.1 Å². The smallest absolute Gasteiger partial charge is 0.203 e. The zero-order valence-electron chi connectivity index (χ0n) is 20.7. The molecule has 0 bridgehead atoms. The number of benzene rings is 2. The molecule has 0 amide bonds. The van der Waals surface area contributed by atoms with Gasteiger partial charge in [-0.25, -0.2) is 8.78 Å². The van der Waals surface area contributed by atoms with Gasteiger partial charge in [-0.3, -0.25) is 0 Å². The summed E-state index contributed by atoms with van der Waals surface area (Å²) in [6.45, 7) is 11.1. The molecule has 2 aromatic carbocycles. The van der Waals surface area contributed by atoms with Crippen LogP contribution in [0.3, 0.4) is 0 Å². The summed E-state index contributed by atoms with van der Waals surface area (Å²) in [6, 6.07) is 10.1. The average molecular weight is 505 g/mol. The lowest BCUT2D eigenvalue weighted by atomic mass is 9.78. The van der Waals surface area contributed by atoms with Crippen molar-refractivity contribution in [3.63, 3.8) is 0 Å². The first-order chi connectivity index (χ1) is 17.3. The summed E-state index contributed by atoms with van der Waals surface area (Å²) in [5.74, 6) is -4.40. The summed E-state index contributed by atoms with van der Waals surface area (Å²) in [4.78, 5) is 0. The van der Waals surface area contributed by atoms with Crippen molar-refractivity contribution >= 4 is 0 Å². The van der Waals surface area contributed by atoms with Crippen LogP contribution in [0.1, 0.15) is 51.0 Å². The quantitative estimate of drug-likeness (QED) is 0.174. The Kier molecular flexibility index (Phi) is 9.62. The Balaban J connectivity index is 1.58. The molecule has 0 saturated heterocycles. The highest BCUT2D eigenvalue weighted by Crippen LogP contribution is 2.39. The molecule has 0 aliphatic heterocycles. The lowest BCUT2D eigenvalue weighted by molar-refractivity contribution is 0.134. The van der Waals surface area contributed by atoms with E-state index in [4.69, 9.17) is 14.2 Å². The molecule has 3 nitrogen and oxygen atoms in total. The van der Waals surface area contributed by atoms with E-state index in [1.165, 1.54) is 0 Å². The fourth-order valence-electron chi connectivity index (χ4n) is 4.40. The summed E-state index contributed by atoms with van der Waals surface area (Å²) in [6.07, 6.45) is 2.62. The third-order valence-corrected chi connectivity index (χ3v) is 6.37. The van der Waals surface area contributed by atoms with Gasteiger partial charge in [0.25, 0.3) is 0 Å². The fraction of sp³-hybridized carbons (Fsp3) is 0.379. The molecule has 7 heteroatoms. The summed E-state index contributed by atoms with van der Waals surface area (Å²) in [5, 5.41) is 0. The van der Waals surface area contributed by atoms with Crippen LogP contribution in [0.2, 0.25) is 0 Å². The number of halogens is 4. The van der Waals surface area contributed by atoms with Crippen LogP contribution in [0.5, 0.6) is 5.75 Å². The maximum Gasteiger partial charge on any atom is 0.203 e. The minimum atomic E-state index is -1.24. The zero-order chi connectivity index (χ0) is 26.2. The Morgan fingerprint density at radius 3 is 2.00 bits per heavy atom. The number of ether oxygens (including phenoxy) is 3. The van der Waals surface area contributed by atoms with Gasteiger partial charge in [-0.1, -0.05) is 37.4 Å². The molecule has 0 heterocycles. The van der Waals surface area contributed by atoms with Crippen molar-refractivity contribution in [2.45, 2.75) is 45.4 Å². The van der Waals surface area contributed by atoms with Gasteiger partial charge in [0, 0.05) is 5.56 Å². The summed E-state index contributed by atoms with van der Waals surface area (Å²) in [7, 11) is 0. The summed E-state index contributed by atoms with van der Waals surface area (Å²) in [5.41, 5.74) is 1.13. The molecular formula is C29H32F4O3. The van der Waals surface area contributed by atoms with E-state index in [0.717, 1.165) is 0 Å². The van der Waals surface area contributed by atoms with Crippen LogP contribution in [0, 0.1) is 17.6 Å². The summed E-state index contributed by atoms with van der Waals surface area (Å²) >= 11 is 0. The number of rotatable bonds is 11. The van der Waals surface area contributed by atoms with Gasteiger partial charge < -0.3 is 14.2 Å². The largest absolute Gasteiger partial charge is 0.494 e. The molecule has 1 aliphatic rings. The molecule has 0 atom stereocenters. The topological polar surface area (TPSA) is 27.7 Å². The standard InChI is InChI=1S/C29H32F4O3/c1-5-34-18(3)26(30)27(31)19(4)36-17-20-7-9-21(10-8-20)24-15-16-25(29(33)28(24)32)22-11-13-23(14-12-22)35-6-2/h11-16,20-21H,3-10,17H2,1-2H3/b27-26-. The Hall–Kier alpha value is -3.22. The second kappa shape index (κ2) is 12.7. The van der Waals surface area contributed by atoms with E-state index in [2.05, 4.69) is 13.2 Å². The van der Waals surface area contributed by atoms with Crippen molar-refractivity contribution in [2.24, 2.45) is 5.92 Å². The number of hydrogen-bond acceptors (Lipinski definition) is 3. The normalized spacial score (nSPS) is 18.3. The average Bonchev–Trinajstić information content (AvgIpc) is 2.89. The summed E-state index contributed by atoms with van der Waals surface area (Å²) < 4.78 is 73.7. The molecule has 0 N–H and O–H groups in total. The van der Waals surface area contributed by atoms with Gasteiger partial charge in [0.1, 0.15) is 5.75 Å². The molecule has 0 spiro atoms. The molecule has 3 rings (SSSR count). The fourth-order valence-corrected chi connectivity index (χ4v) is 4.40. The minimum Gasteiger partial charge on any atom is -0.494 e. The van der Waals surface area contributed by atoms with Crippen molar-refractivity contribution in [2.75, 3.05) is 19.8 Å². The van der Waals surface area contributed by atoms with Crippen LogP contribution < -0.4 is 4.74 Å². The molecule has 36 heavy (non-hydrogen) atoms. The highest BCUT2D eigenvalue weighted by atomic mass is 19.2. The van der Waals surface area contributed by atoms with E-state index in [0.29, 0.717) is 49.2 Å². The van der Waals surface area contributed by atoms with Gasteiger partial charge in [-0.15, -0.1) is 0 Å². The SMILES string of the molecule is C=C(OCC)/C(F)=C(/F)C(=C)OCC1CCC(c2ccc(-c3ccc(OCC)cc3)c(F)c2F)CC1. The van der Waals surface area contributed by atoms with Crippen LogP contribution in [-0.4, -0.2) is 19.8 Å². The third kappa shape index (κ3) is 6.50. The second-order valence-corrected chi connectivity index (χ2v) is 8.72. The molecule has 1 fully saturated rings. The molecular weight excluding hydrogens is 472 g/mol. The van der Waals surface area contributed by atoms with Crippen LogP contribution in [0.4, 0.5) is 17.6 Å². The lowest BCUT2D eigenvalue weighted by Crippen LogP contribution is -2.19. The van der Waals surface area contributed by atoms with E-state index in [9.17, 15) is 13.2 Å². The van der Waals surface area contributed by atoms with E-state index in [1.807, 2.05) is 6.92 Å². The van der Waals surface area contributed by atoms with Gasteiger partial charge in [-0.2, -0.15) is 8.78 Å². The second-order valence-electron chi connectivity index (χ2n) is 8.72. The van der Waals surface area contributed by atoms with Gasteiger partial charge in [0.05, 0.1) is 19.8 Å².